The van der Waals surface area contributed by atoms with Crippen molar-refractivity contribution in [3.63, 3.8) is 0 Å². The first-order valence-electron chi connectivity index (χ1n) is 8.75. The summed E-state index contributed by atoms with van der Waals surface area (Å²) in [4.78, 5) is 42.4. The van der Waals surface area contributed by atoms with Gasteiger partial charge in [-0.05, 0) is 37.0 Å². The molecule has 1 saturated heterocycles. The largest absolute Gasteiger partial charge is 0.325 e. The molecule has 8 heteroatoms. The Morgan fingerprint density at radius 3 is 2.62 bits per heavy atom. The molecule has 0 bridgehead atoms. The number of rotatable bonds is 6. The van der Waals surface area contributed by atoms with Crippen LogP contribution in [0.2, 0.25) is 0 Å². The van der Waals surface area contributed by atoms with Crippen LogP contribution in [0.15, 0.2) is 18.2 Å². The molecule has 4 amide bonds. The summed E-state index contributed by atoms with van der Waals surface area (Å²) in [6.45, 7) is 5.45. The second-order valence-corrected chi connectivity index (χ2v) is 7.36. The molecule has 26 heavy (non-hydrogen) atoms. The Morgan fingerprint density at radius 1 is 1.27 bits per heavy atom. The van der Waals surface area contributed by atoms with Crippen molar-refractivity contribution in [2.45, 2.75) is 45.6 Å². The Kier molecular flexibility index (Phi) is 4.95. The van der Waals surface area contributed by atoms with Gasteiger partial charge in [0.25, 0.3) is 5.91 Å². The van der Waals surface area contributed by atoms with Crippen LogP contribution in [0, 0.1) is 0 Å². The highest BCUT2D eigenvalue weighted by Gasteiger charge is 2.49. The summed E-state index contributed by atoms with van der Waals surface area (Å²) in [5, 5.41) is 5.87. The van der Waals surface area contributed by atoms with Crippen LogP contribution in [-0.2, 0) is 16.0 Å². The molecule has 7 nitrogen and oxygen atoms in total. The van der Waals surface area contributed by atoms with Gasteiger partial charge in [0.05, 0.1) is 10.2 Å². The molecule has 0 spiro atoms. The molecule has 1 aromatic heterocycles. The minimum atomic E-state index is -0.899. The normalized spacial score (nSPS) is 16.2. The molecular formula is C18H22N4O3S. The first-order valence-corrected chi connectivity index (χ1v) is 9.57. The molecule has 0 radical (unpaired) electrons. The van der Waals surface area contributed by atoms with Crippen molar-refractivity contribution in [3.05, 3.63) is 23.8 Å². The van der Waals surface area contributed by atoms with Gasteiger partial charge in [-0.1, -0.05) is 38.2 Å². The smallest absolute Gasteiger partial charge is 0.323 e. The first-order chi connectivity index (χ1) is 12.4. The lowest BCUT2D eigenvalue weighted by Gasteiger charge is -2.22. The number of carbonyl (C=O) groups is 3. The number of amides is 4. The van der Waals surface area contributed by atoms with Gasteiger partial charge in [-0.25, -0.2) is 9.78 Å². The number of urea groups is 1. The van der Waals surface area contributed by atoms with E-state index in [-0.39, 0.29) is 12.5 Å². The third kappa shape index (κ3) is 3.16. The Labute approximate surface area is 155 Å². The number of hydrogen-bond donors (Lipinski definition) is 2. The third-order valence-corrected chi connectivity index (χ3v) is 5.80. The van der Waals surface area contributed by atoms with E-state index in [0.29, 0.717) is 18.0 Å². The third-order valence-electron chi connectivity index (χ3n) is 4.86. The number of carbonyl (C=O) groups excluding carboxylic acids is 3. The van der Waals surface area contributed by atoms with Crippen LogP contribution in [0.1, 0.15) is 39.2 Å². The summed E-state index contributed by atoms with van der Waals surface area (Å²) in [6, 6.07) is 5.47. The predicted octanol–water partition coefficient (Wildman–Crippen LogP) is 2.91. The fourth-order valence-corrected chi connectivity index (χ4v) is 4.04. The molecule has 2 N–H and O–H groups in total. The molecule has 0 atom stereocenters. The Morgan fingerprint density at radius 2 is 2.00 bits per heavy atom. The number of nitrogens with zero attached hydrogens (tertiary/aromatic N) is 2. The molecule has 3 rings (SSSR count). The summed E-state index contributed by atoms with van der Waals surface area (Å²) in [7, 11) is 0. The quantitative estimate of drug-likeness (QED) is 0.761. The van der Waals surface area contributed by atoms with Crippen molar-refractivity contribution < 1.29 is 14.4 Å². The molecule has 1 aromatic carbocycles. The Balaban J connectivity index is 1.71. The maximum Gasteiger partial charge on any atom is 0.325 e. The van der Waals surface area contributed by atoms with Gasteiger partial charge in [0.15, 0.2) is 5.13 Å². The van der Waals surface area contributed by atoms with Crippen molar-refractivity contribution in [1.82, 2.24) is 15.2 Å². The standard InChI is InChI=1S/C18H22N4O3S/c1-4-11-7-8-12-13(9-11)26-16(19-12)20-14(23)10-22-15(24)18(5-2,6-3)21-17(22)25/h7-9H,4-6,10H2,1-3H3,(H,21,25)(H,19,20,23). The number of imide groups is 1. The monoisotopic (exact) mass is 374 g/mol. The Hall–Kier alpha value is -2.48. The fourth-order valence-electron chi connectivity index (χ4n) is 3.09. The summed E-state index contributed by atoms with van der Waals surface area (Å²) in [5.74, 6) is -0.786. The van der Waals surface area contributed by atoms with E-state index in [0.717, 1.165) is 21.5 Å². The van der Waals surface area contributed by atoms with Gasteiger partial charge in [-0.15, -0.1) is 0 Å². The topological polar surface area (TPSA) is 91.4 Å². The summed E-state index contributed by atoms with van der Waals surface area (Å²) in [6.07, 6.45) is 1.91. The minimum Gasteiger partial charge on any atom is -0.323 e. The SMILES string of the molecule is CCc1ccc2nc(NC(=O)CN3C(=O)NC(CC)(CC)C3=O)sc2c1. The van der Waals surface area contributed by atoms with E-state index in [4.69, 9.17) is 0 Å². The number of benzene rings is 1. The minimum absolute atomic E-state index is 0.317. The second-order valence-electron chi connectivity index (χ2n) is 6.33. The average Bonchev–Trinajstić information content (AvgIpc) is 3.14. The fraction of sp³-hybridized carbons (Fsp3) is 0.444. The number of aromatic nitrogens is 1. The summed E-state index contributed by atoms with van der Waals surface area (Å²) in [5.41, 5.74) is 1.12. The molecule has 0 saturated carbocycles. The Bertz CT molecular complexity index is 872. The lowest BCUT2D eigenvalue weighted by atomic mass is 9.93. The summed E-state index contributed by atoms with van der Waals surface area (Å²) >= 11 is 1.38. The highest BCUT2D eigenvalue weighted by Crippen LogP contribution is 2.28. The van der Waals surface area contributed by atoms with Gasteiger partial charge >= 0.3 is 6.03 Å². The molecule has 1 aliphatic heterocycles. The highest BCUT2D eigenvalue weighted by molar-refractivity contribution is 7.22. The first kappa shape index (κ1) is 18.3. The zero-order valence-electron chi connectivity index (χ0n) is 15.1. The second kappa shape index (κ2) is 7.03. The molecule has 138 valence electrons. The van der Waals surface area contributed by atoms with Crippen molar-refractivity contribution in [1.29, 1.82) is 0 Å². The molecular weight excluding hydrogens is 352 g/mol. The van der Waals surface area contributed by atoms with Crippen molar-refractivity contribution in [2.24, 2.45) is 0 Å². The van der Waals surface area contributed by atoms with Gasteiger partial charge in [0.2, 0.25) is 5.91 Å². The maximum absolute atomic E-state index is 12.5. The zero-order chi connectivity index (χ0) is 18.9. The number of fused-ring (bicyclic) bond motifs is 1. The lowest BCUT2D eigenvalue weighted by molar-refractivity contribution is -0.134. The number of thiazole rings is 1. The number of nitrogens with one attached hydrogen (secondary N) is 2. The van der Waals surface area contributed by atoms with Crippen LogP contribution in [-0.4, -0.2) is 39.8 Å². The van der Waals surface area contributed by atoms with Gasteiger partial charge < -0.3 is 10.6 Å². The van der Waals surface area contributed by atoms with Crippen LogP contribution < -0.4 is 10.6 Å². The van der Waals surface area contributed by atoms with E-state index >= 15 is 0 Å². The van der Waals surface area contributed by atoms with E-state index in [1.807, 2.05) is 26.0 Å². The van der Waals surface area contributed by atoms with Crippen LogP contribution in [0.4, 0.5) is 9.93 Å². The van der Waals surface area contributed by atoms with Crippen LogP contribution >= 0.6 is 11.3 Å². The number of hydrogen-bond acceptors (Lipinski definition) is 5. The van der Waals surface area contributed by atoms with Crippen LogP contribution in [0.5, 0.6) is 0 Å². The van der Waals surface area contributed by atoms with E-state index in [1.165, 1.54) is 16.9 Å². The molecule has 0 aliphatic carbocycles. The van der Waals surface area contributed by atoms with Gasteiger partial charge in [-0.2, -0.15) is 0 Å². The van der Waals surface area contributed by atoms with Gasteiger partial charge in [-0.3, -0.25) is 14.5 Å². The van der Waals surface area contributed by atoms with E-state index in [9.17, 15) is 14.4 Å². The van der Waals surface area contributed by atoms with Gasteiger partial charge in [0.1, 0.15) is 12.1 Å². The highest BCUT2D eigenvalue weighted by atomic mass is 32.1. The maximum atomic E-state index is 12.5. The summed E-state index contributed by atoms with van der Waals surface area (Å²) < 4.78 is 0.991. The molecule has 1 fully saturated rings. The molecule has 1 aliphatic rings. The van der Waals surface area contributed by atoms with Crippen molar-refractivity contribution >= 4 is 44.5 Å². The van der Waals surface area contributed by atoms with Crippen LogP contribution in [0.25, 0.3) is 10.2 Å². The predicted molar refractivity (Wildman–Crippen MR) is 101 cm³/mol. The van der Waals surface area contributed by atoms with Crippen molar-refractivity contribution in [3.8, 4) is 0 Å². The van der Waals surface area contributed by atoms with E-state index < -0.39 is 17.5 Å². The number of aryl methyl sites for hydroxylation is 1. The molecule has 0 unspecified atom stereocenters. The zero-order valence-corrected chi connectivity index (χ0v) is 15.9. The average molecular weight is 374 g/mol. The number of anilines is 1. The van der Waals surface area contributed by atoms with E-state index in [1.54, 1.807) is 0 Å². The van der Waals surface area contributed by atoms with Crippen LogP contribution in [0.3, 0.4) is 0 Å². The molecule has 2 heterocycles. The van der Waals surface area contributed by atoms with Crippen molar-refractivity contribution in [2.75, 3.05) is 11.9 Å². The molecule has 2 aromatic rings. The lowest BCUT2D eigenvalue weighted by Crippen LogP contribution is -2.46. The van der Waals surface area contributed by atoms with Gasteiger partial charge in [0, 0.05) is 0 Å². The van der Waals surface area contributed by atoms with E-state index in [2.05, 4.69) is 28.6 Å².